The third kappa shape index (κ3) is 4.17. The Morgan fingerprint density at radius 3 is 2.54 bits per heavy atom. The van der Waals surface area contributed by atoms with Gasteiger partial charge in [-0.25, -0.2) is 0 Å². The minimum absolute atomic E-state index is 0.00573. The highest BCUT2D eigenvalue weighted by molar-refractivity contribution is 5.97. The van der Waals surface area contributed by atoms with Gasteiger partial charge in [0.15, 0.2) is 0 Å². The number of methoxy groups -OCH3 is 1. The Hall–Kier alpha value is -2.53. The number of piperidine rings is 1. The van der Waals surface area contributed by atoms with Crippen LogP contribution in [0.15, 0.2) is 48.5 Å². The normalized spacial score (nSPS) is 14.9. The fourth-order valence-corrected chi connectivity index (χ4v) is 3.41. The largest absolute Gasteiger partial charge is 0.497 e. The SMILES string of the molecule is COc1ccc(C(=O)N2CCC(c3ccccc3)CC2)c(OCCN)c1. The van der Waals surface area contributed by atoms with Crippen molar-refractivity contribution in [1.29, 1.82) is 0 Å². The van der Waals surface area contributed by atoms with Crippen LogP contribution in [0.4, 0.5) is 0 Å². The number of hydrogen-bond donors (Lipinski definition) is 1. The molecule has 0 unspecified atom stereocenters. The number of nitrogens with two attached hydrogens (primary N) is 1. The molecule has 0 aromatic heterocycles. The molecule has 1 aliphatic heterocycles. The Morgan fingerprint density at radius 1 is 1.15 bits per heavy atom. The molecule has 0 atom stereocenters. The summed E-state index contributed by atoms with van der Waals surface area (Å²) in [7, 11) is 1.60. The van der Waals surface area contributed by atoms with Crippen LogP contribution in [0.1, 0.15) is 34.7 Å². The van der Waals surface area contributed by atoms with Gasteiger partial charge in [-0.05, 0) is 36.5 Å². The van der Waals surface area contributed by atoms with Gasteiger partial charge < -0.3 is 20.1 Å². The van der Waals surface area contributed by atoms with Crippen LogP contribution in [0.5, 0.6) is 11.5 Å². The molecule has 0 radical (unpaired) electrons. The monoisotopic (exact) mass is 354 g/mol. The summed E-state index contributed by atoms with van der Waals surface area (Å²) in [6.45, 7) is 2.26. The van der Waals surface area contributed by atoms with E-state index in [1.807, 2.05) is 11.0 Å². The van der Waals surface area contributed by atoms with Crippen LogP contribution in [-0.2, 0) is 0 Å². The van der Waals surface area contributed by atoms with Crippen molar-refractivity contribution < 1.29 is 14.3 Å². The van der Waals surface area contributed by atoms with Crippen LogP contribution in [-0.4, -0.2) is 44.2 Å². The molecule has 3 rings (SSSR count). The predicted octanol–water partition coefficient (Wildman–Crippen LogP) is 3.05. The fraction of sp³-hybridized carbons (Fsp3) is 0.381. The molecule has 1 heterocycles. The summed E-state index contributed by atoms with van der Waals surface area (Å²) in [6.07, 6.45) is 1.95. The molecule has 138 valence electrons. The molecule has 1 amide bonds. The van der Waals surface area contributed by atoms with Crippen molar-refractivity contribution >= 4 is 5.91 Å². The third-order valence-corrected chi connectivity index (χ3v) is 4.85. The highest BCUT2D eigenvalue weighted by Crippen LogP contribution is 2.31. The Morgan fingerprint density at radius 2 is 1.88 bits per heavy atom. The molecule has 2 aromatic carbocycles. The Bertz CT molecular complexity index is 725. The number of carbonyl (C=O) groups is 1. The summed E-state index contributed by atoms with van der Waals surface area (Å²) in [5, 5.41) is 0. The lowest BCUT2D eigenvalue weighted by Gasteiger charge is -2.32. The van der Waals surface area contributed by atoms with E-state index in [0.717, 1.165) is 25.9 Å². The number of ether oxygens (including phenoxy) is 2. The van der Waals surface area contributed by atoms with Gasteiger partial charge in [0, 0.05) is 25.7 Å². The molecule has 5 nitrogen and oxygen atoms in total. The van der Waals surface area contributed by atoms with Gasteiger partial charge in [-0.1, -0.05) is 30.3 Å². The first-order valence-corrected chi connectivity index (χ1v) is 9.08. The Kier molecular flexibility index (Phi) is 6.12. The average molecular weight is 354 g/mol. The van der Waals surface area contributed by atoms with E-state index in [9.17, 15) is 4.79 Å². The maximum absolute atomic E-state index is 13.0. The van der Waals surface area contributed by atoms with E-state index in [-0.39, 0.29) is 5.91 Å². The quantitative estimate of drug-likeness (QED) is 0.866. The standard InChI is InChI=1S/C21H26N2O3/c1-25-18-7-8-19(20(15-18)26-14-11-22)21(24)23-12-9-17(10-13-23)16-5-3-2-4-6-16/h2-8,15,17H,9-14,22H2,1H3. The molecule has 26 heavy (non-hydrogen) atoms. The minimum atomic E-state index is 0.00573. The molecule has 1 aliphatic rings. The lowest BCUT2D eigenvalue weighted by molar-refractivity contribution is 0.0708. The summed E-state index contributed by atoms with van der Waals surface area (Å²) >= 11 is 0. The molecule has 2 aromatic rings. The van der Waals surface area contributed by atoms with Crippen molar-refractivity contribution in [2.75, 3.05) is 33.4 Å². The number of amides is 1. The summed E-state index contributed by atoms with van der Waals surface area (Å²) in [6, 6.07) is 15.8. The zero-order valence-electron chi connectivity index (χ0n) is 15.2. The summed E-state index contributed by atoms with van der Waals surface area (Å²) in [5.41, 5.74) is 7.46. The van der Waals surface area contributed by atoms with E-state index in [2.05, 4.69) is 24.3 Å². The van der Waals surface area contributed by atoms with E-state index in [1.54, 1.807) is 25.3 Å². The first-order valence-electron chi connectivity index (χ1n) is 9.08. The van der Waals surface area contributed by atoms with Gasteiger partial charge in [0.25, 0.3) is 5.91 Å². The maximum Gasteiger partial charge on any atom is 0.257 e. The van der Waals surface area contributed by atoms with Crippen molar-refractivity contribution in [3.8, 4) is 11.5 Å². The highest BCUT2D eigenvalue weighted by Gasteiger charge is 2.26. The van der Waals surface area contributed by atoms with Crippen molar-refractivity contribution in [3.05, 3.63) is 59.7 Å². The molecule has 0 spiro atoms. The Balaban J connectivity index is 1.70. The summed E-state index contributed by atoms with van der Waals surface area (Å²) in [5.74, 6) is 1.72. The third-order valence-electron chi connectivity index (χ3n) is 4.85. The number of benzene rings is 2. The number of likely N-dealkylation sites (tertiary alicyclic amines) is 1. The topological polar surface area (TPSA) is 64.8 Å². The molecule has 5 heteroatoms. The highest BCUT2D eigenvalue weighted by atomic mass is 16.5. The number of rotatable bonds is 6. The first kappa shape index (κ1) is 18.3. The van der Waals surface area contributed by atoms with Gasteiger partial charge >= 0.3 is 0 Å². The summed E-state index contributed by atoms with van der Waals surface area (Å²) in [4.78, 5) is 14.9. The zero-order chi connectivity index (χ0) is 18.4. The van der Waals surface area contributed by atoms with Crippen LogP contribution in [0.2, 0.25) is 0 Å². The van der Waals surface area contributed by atoms with Crippen molar-refractivity contribution in [1.82, 2.24) is 4.90 Å². The first-order chi connectivity index (χ1) is 12.7. The second-order valence-corrected chi connectivity index (χ2v) is 6.48. The lowest BCUT2D eigenvalue weighted by Crippen LogP contribution is -2.38. The van der Waals surface area contributed by atoms with Crippen molar-refractivity contribution in [3.63, 3.8) is 0 Å². The molecule has 0 bridgehead atoms. The lowest BCUT2D eigenvalue weighted by atomic mass is 9.89. The van der Waals surface area contributed by atoms with Crippen molar-refractivity contribution in [2.45, 2.75) is 18.8 Å². The van der Waals surface area contributed by atoms with E-state index in [0.29, 0.717) is 36.1 Å². The van der Waals surface area contributed by atoms with Crippen LogP contribution < -0.4 is 15.2 Å². The zero-order valence-corrected chi connectivity index (χ0v) is 15.2. The van der Waals surface area contributed by atoms with E-state index in [1.165, 1.54) is 5.56 Å². The summed E-state index contributed by atoms with van der Waals surface area (Å²) < 4.78 is 10.9. The van der Waals surface area contributed by atoms with Gasteiger partial charge in [-0.3, -0.25) is 4.79 Å². The minimum Gasteiger partial charge on any atom is -0.497 e. The maximum atomic E-state index is 13.0. The van der Waals surface area contributed by atoms with Crippen LogP contribution in [0.25, 0.3) is 0 Å². The van der Waals surface area contributed by atoms with Gasteiger partial charge in [-0.2, -0.15) is 0 Å². The molecule has 2 N–H and O–H groups in total. The molecular weight excluding hydrogens is 328 g/mol. The average Bonchev–Trinajstić information content (AvgIpc) is 2.72. The predicted molar refractivity (Wildman–Crippen MR) is 102 cm³/mol. The molecule has 0 saturated carbocycles. The van der Waals surface area contributed by atoms with Crippen LogP contribution in [0, 0.1) is 0 Å². The van der Waals surface area contributed by atoms with Gasteiger partial charge in [0.1, 0.15) is 18.1 Å². The second-order valence-electron chi connectivity index (χ2n) is 6.48. The number of hydrogen-bond acceptors (Lipinski definition) is 4. The van der Waals surface area contributed by atoms with Crippen LogP contribution >= 0.6 is 0 Å². The molecular formula is C21H26N2O3. The fourth-order valence-electron chi connectivity index (χ4n) is 3.41. The van der Waals surface area contributed by atoms with Gasteiger partial charge in [0.2, 0.25) is 0 Å². The van der Waals surface area contributed by atoms with E-state index >= 15 is 0 Å². The number of nitrogens with zero attached hydrogens (tertiary/aromatic N) is 1. The van der Waals surface area contributed by atoms with E-state index < -0.39 is 0 Å². The second kappa shape index (κ2) is 8.72. The molecule has 1 saturated heterocycles. The van der Waals surface area contributed by atoms with Gasteiger partial charge in [-0.15, -0.1) is 0 Å². The smallest absolute Gasteiger partial charge is 0.257 e. The van der Waals surface area contributed by atoms with Crippen LogP contribution in [0.3, 0.4) is 0 Å². The van der Waals surface area contributed by atoms with Crippen molar-refractivity contribution in [2.24, 2.45) is 5.73 Å². The Labute approximate surface area is 154 Å². The van der Waals surface area contributed by atoms with E-state index in [4.69, 9.17) is 15.2 Å². The molecule has 1 fully saturated rings. The van der Waals surface area contributed by atoms with Gasteiger partial charge in [0.05, 0.1) is 12.7 Å². The number of carbonyl (C=O) groups excluding carboxylic acids is 1. The molecule has 0 aliphatic carbocycles.